The number of carbonyl (C=O) groups is 1. The van der Waals surface area contributed by atoms with Crippen LogP contribution in [0.2, 0.25) is 0 Å². The Hall–Kier alpha value is -2.86. The van der Waals surface area contributed by atoms with Gasteiger partial charge in [-0.05, 0) is 42.5 Å². The number of rotatable bonds is 6. The second-order valence-electron chi connectivity index (χ2n) is 5.57. The van der Waals surface area contributed by atoms with Crippen molar-refractivity contribution in [2.45, 2.75) is 6.54 Å². The predicted octanol–water partition coefficient (Wildman–Crippen LogP) is 3.69. The Morgan fingerprint density at radius 1 is 1.16 bits per heavy atom. The number of halogens is 1. The van der Waals surface area contributed by atoms with Crippen LogP contribution >= 0.6 is 0 Å². The van der Waals surface area contributed by atoms with Crippen LogP contribution in [0.3, 0.4) is 0 Å². The molecule has 0 aliphatic rings. The zero-order chi connectivity index (χ0) is 17.8. The van der Waals surface area contributed by atoms with Crippen LogP contribution in [0.25, 0.3) is 10.9 Å². The molecule has 2 aromatic carbocycles. The molecule has 1 aromatic heterocycles. The first-order valence-electron chi connectivity index (χ1n) is 7.85. The molecule has 3 aromatic rings. The highest BCUT2D eigenvalue weighted by molar-refractivity contribution is 6.07. The fraction of sp³-hybridized carbons (Fsp3) is 0.211. The van der Waals surface area contributed by atoms with Crippen LogP contribution < -0.4 is 10.1 Å². The number of hydrogen-bond donors (Lipinski definition) is 1. The molecule has 1 heterocycles. The standard InChI is InChI=1S/C19H19FN2O3/c1-24-10-9-22-8-7-13-11-15(4-5-17(13)22)21-19(23)16-12-14(20)3-6-18(16)25-2/h3-8,11-12H,9-10H2,1-2H3,(H,21,23). The maximum Gasteiger partial charge on any atom is 0.259 e. The second-order valence-corrected chi connectivity index (χ2v) is 5.57. The summed E-state index contributed by atoms with van der Waals surface area (Å²) >= 11 is 0. The molecular weight excluding hydrogens is 323 g/mol. The van der Waals surface area contributed by atoms with E-state index >= 15 is 0 Å². The summed E-state index contributed by atoms with van der Waals surface area (Å²) in [7, 11) is 3.11. The summed E-state index contributed by atoms with van der Waals surface area (Å²) < 4.78 is 25.8. The van der Waals surface area contributed by atoms with Gasteiger partial charge in [0.1, 0.15) is 11.6 Å². The lowest BCUT2D eigenvalue weighted by atomic mass is 10.1. The number of benzene rings is 2. The molecule has 0 fully saturated rings. The van der Waals surface area contributed by atoms with Gasteiger partial charge in [-0.3, -0.25) is 4.79 Å². The molecule has 6 heteroatoms. The molecule has 1 amide bonds. The summed E-state index contributed by atoms with van der Waals surface area (Å²) in [5, 5.41) is 3.79. The average Bonchev–Trinajstić information content (AvgIpc) is 3.02. The van der Waals surface area contributed by atoms with Crippen LogP contribution in [0.15, 0.2) is 48.7 Å². The third-order valence-electron chi connectivity index (χ3n) is 3.97. The summed E-state index contributed by atoms with van der Waals surface area (Å²) in [6.07, 6.45) is 1.98. The number of ether oxygens (including phenoxy) is 2. The van der Waals surface area contributed by atoms with Crippen LogP contribution in [-0.2, 0) is 11.3 Å². The number of methoxy groups -OCH3 is 2. The molecule has 25 heavy (non-hydrogen) atoms. The van der Waals surface area contributed by atoms with Gasteiger partial charge >= 0.3 is 0 Å². The van der Waals surface area contributed by atoms with Gasteiger partial charge in [0.05, 0.1) is 19.3 Å². The molecule has 0 aliphatic carbocycles. The minimum atomic E-state index is -0.489. The molecular formula is C19H19FN2O3. The Morgan fingerprint density at radius 3 is 2.76 bits per heavy atom. The normalized spacial score (nSPS) is 10.8. The number of aromatic nitrogens is 1. The van der Waals surface area contributed by atoms with Gasteiger partial charge in [-0.25, -0.2) is 4.39 Å². The molecule has 0 saturated heterocycles. The lowest BCUT2D eigenvalue weighted by Crippen LogP contribution is -2.13. The van der Waals surface area contributed by atoms with Crippen molar-refractivity contribution in [1.29, 1.82) is 0 Å². The summed E-state index contributed by atoms with van der Waals surface area (Å²) in [5.74, 6) is -0.586. The summed E-state index contributed by atoms with van der Waals surface area (Å²) in [6, 6.07) is 11.5. The van der Waals surface area contributed by atoms with Gasteiger partial charge in [0.2, 0.25) is 0 Å². The van der Waals surface area contributed by atoms with Crippen molar-refractivity contribution < 1.29 is 18.7 Å². The number of nitrogens with zero attached hydrogens (tertiary/aromatic N) is 1. The maximum absolute atomic E-state index is 13.4. The summed E-state index contributed by atoms with van der Waals surface area (Å²) in [6.45, 7) is 1.38. The van der Waals surface area contributed by atoms with Gasteiger partial charge in [0.25, 0.3) is 5.91 Å². The van der Waals surface area contributed by atoms with E-state index in [1.54, 1.807) is 7.11 Å². The number of carbonyl (C=O) groups excluding carboxylic acids is 1. The molecule has 0 saturated carbocycles. The molecule has 1 N–H and O–H groups in total. The van der Waals surface area contributed by atoms with Crippen molar-refractivity contribution in [2.24, 2.45) is 0 Å². The largest absolute Gasteiger partial charge is 0.496 e. The summed E-state index contributed by atoms with van der Waals surface area (Å²) in [4.78, 5) is 12.4. The predicted molar refractivity (Wildman–Crippen MR) is 94.7 cm³/mol. The number of fused-ring (bicyclic) bond motifs is 1. The molecule has 0 atom stereocenters. The maximum atomic E-state index is 13.4. The van der Waals surface area contributed by atoms with E-state index in [1.807, 2.05) is 30.5 Å². The molecule has 0 bridgehead atoms. The third-order valence-corrected chi connectivity index (χ3v) is 3.97. The minimum absolute atomic E-state index is 0.153. The lowest BCUT2D eigenvalue weighted by molar-refractivity contribution is 0.102. The quantitative estimate of drug-likeness (QED) is 0.743. The smallest absolute Gasteiger partial charge is 0.259 e. The monoisotopic (exact) mass is 342 g/mol. The van der Waals surface area contributed by atoms with Crippen LogP contribution in [0.4, 0.5) is 10.1 Å². The second kappa shape index (κ2) is 7.36. The zero-order valence-corrected chi connectivity index (χ0v) is 14.1. The van der Waals surface area contributed by atoms with E-state index < -0.39 is 11.7 Å². The Labute approximate surface area is 145 Å². The van der Waals surface area contributed by atoms with Crippen molar-refractivity contribution >= 4 is 22.5 Å². The third kappa shape index (κ3) is 3.64. The van der Waals surface area contributed by atoms with E-state index in [-0.39, 0.29) is 5.56 Å². The highest BCUT2D eigenvalue weighted by atomic mass is 19.1. The fourth-order valence-corrected chi connectivity index (χ4v) is 2.72. The Kier molecular flexibility index (Phi) is 5.00. The highest BCUT2D eigenvalue weighted by Crippen LogP contribution is 2.24. The van der Waals surface area contributed by atoms with Crippen molar-refractivity contribution in [3.8, 4) is 5.75 Å². The van der Waals surface area contributed by atoms with E-state index in [0.717, 1.165) is 23.5 Å². The number of amides is 1. The Bertz CT molecular complexity index is 905. The first-order valence-corrected chi connectivity index (χ1v) is 7.85. The van der Waals surface area contributed by atoms with E-state index in [9.17, 15) is 9.18 Å². The molecule has 0 radical (unpaired) electrons. The van der Waals surface area contributed by atoms with E-state index in [0.29, 0.717) is 18.0 Å². The van der Waals surface area contributed by atoms with Gasteiger partial charge < -0.3 is 19.4 Å². The van der Waals surface area contributed by atoms with Gasteiger partial charge in [0, 0.05) is 36.4 Å². The van der Waals surface area contributed by atoms with Crippen LogP contribution in [0.1, 0.15) is 10.4 Å². The van der Waals surface area contributed by atoms with Crippen LogP contribution in [0, 0.1) is 5.82 Å². The first kappa shape index (κ1) is 17.0. The number of hydrogen-bond acceptors (Lipinski definition) is 3. The lowest BCUT2D eigenvalue weighted by Gasteiger charge is -2.10. The van der Waals surface area contributed by atoms with Gasteiger partial charge in [0.15, 0.2) is 0 Å². The number of nitrogens with one attached hydrogen (secondary N) is 1. The SMILES string of the molecule is COCCn1ccc2cc(NC(=O)c3cc(F)ccc3OC)ccc21. The molecule has 0 spiro atoms. The van der Waals surface area contributed by atoms with E-state index in [4.69, 9.17) is 9.47 Å². The molecule has 0 unspecified atom stereocenters. The Balaban J connectivity index is 1.83. The van der Waals surface area contributed by atoms with Crippen LogP contribution in [-0.4, -0.2) is 31.3 Å². The van der Waals surface area contributed by atoms with Gasteiger partial charge in [-0.15, -0.1) is 0 Å². The molecule has 5 nitrogen and oxygen atoms in total. The van der Waals surface area contributed by atoms with Crippen molar-refractivity contribution in [2.75, 3.05) is 26.1 Å². The molecule has 0 aliphatic heterocycles. The molecule has 3 rings (SSSR count). The summed E-state index contributed by atoms with van der Waals surface area (Å²) in [5.41, 5.74) is 1.84. The Morgan fingerprint density at radius 2 is 2.00 bits per heavy atom. The van der Waals surface area contributed by atoms with Crippen molar-refractivity contribution in [1.82, 2.24) is 4.57 Å². The van der Waals surface area contributed by atoms with Crippen LogP contribution in [0.5, 0.6) is 5.75 Å². The molecule has 130 valence electrons. The van der Waals surface area contributed by atoms with Crippen molar-refractivity contribution in [3.05, 3.63) is 60.0 Å². The first-order chi connectivity index (χ1) is 12.1. The topological polar surface area (TPSA) is 52.5 Å². The zero-order valence-electron chi connectivity index (χ0n) is 14.1. The van der Waals surface area contributed by atoms with E-state index in [2.05, 4.69) is 9.88 Å². The van der Waals surface area contributed by atoms with Gasteiger partial charge in [-0.2, -0.15) is 0 Å². The minimum Gasteiger partial charge on any atom is -0.496 e. The van der Waals surface area contributed by atoms with Crippen molar-refractivity contribution in [3.63, 3.8) is 0 Å². The van der Waals surface area contributed by atoms with E-state index in [1.165, 1.54) is 19.2 Å². The average molecular weight is 342 g/mol. The number of anilines is 1. The fourth-order valence-electron chi connectivity index (χ4n) is 2.72. The highest BCUT2D eigenvalue weighted by Gasteiger charge is 2.14. The van der Waals surface area contributed by atoms with Gasteiger partial charge in [-0.1, -0.05) is 0 Å².